The molecule has 3 rings (SSSR count). The van der Waals surface area contributed by atoms with E-state index in [9.17, 15) is 18.4 Å². The van der Waals surface area contributed by atoms with Crippen molar-refractivity contribution >= 4 is 24.6 Å². The SMILES string of the molecule is O=C1OC2C(OC(=O)C(F)(F)S)C3CC1C2O3. The minimum absolute atomic E-state index is 0.343. The second-order valence-corrected chi connectivity index (χ2v) is 4.86. The summed E-state index contributed by atoms with van der Waals surface area (Å²) in [6, 6.07) is 0. The van der Waals surface area contributed by atoms with Gasteiger partial charge in [0, 0.05) is 0 Å². The lowest BCUT2D eigenvalue weighted by molar-refractivity contribution is -0.174. The van der Waals surface area contributed by atoms with Crippen molar-refractivity contribution in [1.82, 2.24) is 0 Å². The molecule has 0 radical (unpaired) electrons. The average molecular weight is 266 g/mol. The molecule has 0 spiro atoms. The fraction of sp³-hybridized carbons (Fsp3) is 0.778. The summed E-state index contributed by atoms with van der Waals surface area (Å²) in [5.41, 5.74) is 0. The van der Waals surface area contributed by atoms with Gasteiger partial charge < -0.3 is 14.2 Å². The van der Waals surface area contributed by atoms with Gasteiger partial charge in [-0.25, -0.2) is 4.79 Å². The summed E-state index contributed by atoms with van der Waals surface area (Å²) in [6.45, 7) is 0. The van der Waals surface area contributed by atoms with E-state index in [0.29, 0.717) is 6.42 Å². The monoisotopic (exact) mass is 266 g/mol. The maximum absolute atomic E-state index is 12.6. The van der Waals surface area contributed by atoms with Gasteiger partial charge in [-0.3, -0.25) is 4.79 Å². The summed E-state index contributed by atoms with van der Waals surface area (Å²) < 4.78 is 40.1. The van der Waals surface area contributed by atoms with E-state index in [4.69, 9.17) is 9.47 Å². The van der Waals surface area contributed by atoms with Crippen LogP contribution in [0.15, 0.2) is 0 Å². The van der Waals surface area contributed by atoms with Gasteiger partial charge in [0.15, 0.2) is 12.2 Å². The van der Waals surface area contributed by atoms with Crippen LogP contribution in [0.5, 0.6) is 0 Å². The minimum Gasteiger partial charge on any atom is -0.455 e. The Morgan fingerprint density at radius 2 is 2.18 bits per heavy atom. The van der Waals surface area contributed by atoms with Gasteiger partial charge >= 0.3 is 17.2 Å². The minimum atomic E-state index is -3.86. The normalized spacial score (nSPS) is 42.8. The van der Waals surface area contributed by atoms with Crippen LogP contribution in [0.1, 0.15) is 6.42 Å². The molecule has 3 aliphatic heterocycles. The van der Waals surface area contributed by atoms with E-state index < -0.39 is 41.6 Å². The van der Waals surface area contributed by atoms with Crippen LogP contribution in [0.2, 0.25) is 0 Å². The number of thiol groups is 1. The summed E-state index contributed by atoms with van der Waals surface area (Å²) in [6.07, 6.45) is -2.38. The van der Waals surface area contributed by atoms with E-state index in [-0.39, 0.29) is 5.92 Å². The molecule has 17 heavy (non-hydrogen) atoms. The number of rotatable bonds is 2. The zero-order valence-electron chi connectivity index (χ0n) is 8.34. The second kappa shape index (κ2) is 3.32. The zero-order valence-corrected chi connectivity index (χ0v) is 9.23. The molecule has 2 bridgehead atoms. The first-order valence-corrected chi connectivity index (χ1v) is 5.50. The fourth-order valence-electron chi connectivity index (χ4n) is 2.58. The number of hydrogen-bond donors (Lipinski definition) is 1. The number of hydrogen-bond acceptors (Lipinski definition) is 6. The first-order chi connectivity index (χ1) is 7.88. The Bertz CT molecular complexity index is 395. The molecule has 3 heterocycles. The van der Waals surface area contributed by atoms with Gasteiger partial charge in [0.05, 0.1) is 12.0 Å². The van der Waals surface area contributed by atoms with Crippen molar-refractivity contribution in [3.05, 3.63) is 0 Å². The van der Waals surface area contributed by atoms with E-state index >= 15 is 0 Å². The average Bonchev–Trinajstić information content (AvgIpc) is 2.80. The molecule has 8 heteroatoms. The van der Waals surface area contributed by atoms with Crippen molar-refractivity contribution in [3.8, 4) is 0 Å². The predicted octanol–water partition coefficient (Wildman–Crippen LogP) is 0.133. The highest BCUT2D eigenvalue weighted by atomic mass is 32.1. The van der Waals surface area contributed by atoms with Gasteiger partial charge in [-0.1, -0.05) is 12.6 Å². The third-order valence-corrected chi connectivity index (χ3v) is 3.46. The molecular formula is C9H8F2O5S. The van der Waals surface area contributed by atoms with Gasteiger partial charge in [-0.2, -0.15) is 8.78 Å². The molecule has 0 N–H and O–H groups in total. The molecule has 5 unspecified atom stereocenters. The van der Waals surface area contributed by atoms with Gasteiger partial charge in [0.25, 0.3) is 0 Å². The zero-order chi connectivity index (χ0) is 12.4. The highest BCUT2D eigenvalue weighted by molar-refractivity contribution is 7.82. The molecular weight excluding hydrogens is 258 g/mol. The molecule has 0 amide bonds. The molecule has 0 aromatic rings. The summed E-state index contributed by atoms with van der Waals surface area (Å²) in [7, 11) is 0. The Morgan fingerprint density at radius 3 is 2.82 bits per heavy atom. The lowest BCUT2D eigenvalue weighted by Crippen LogP contribution is -2.42. The number of fused-ring (bicyclic) bond motifs is 1. The molecule has 94 valence electrons. The van der Waals surface area contributed by atoms with Crippen LogP contribution in [-0.2, 0) is 23.8 Å². The van der Waals surface area contributed by atoms with E-state index in [1.807, 2.05) is 0 Å². The van der Waals surface area contributed by atoms with E-state index in [1.54, 1.807) is 0 Å². The Balaban J connectivity index is 1.75. The highest BCUT2D eigenvalue weighted by Gasteiger charge is 2.65. The molecule has 0 aromatic heterocycles. The van der Waals surface area contributed by atoms with Crippen LogP contribution in [0.4, 0.5) is 8.78 Å². The Morgan fingerprint density at radius 1 is 1.47 bits per heavy atom. The van der Waals surface area contributed by atoms with E-state index in [1.165, 1.54) is 0 Å². The number of alkyl halides is 2. The van der Waals surface area contributed by atoms with Crippen LogP contribution >= 0.6 is 12.6 Å². The maximum Gasteiger partial charge on any atom is 0.388 e. The van der Waals surface area contributed by atoms with E-state index in [2.05, 4.69) is 17.4 Å². The van der Waals surface area contributed by atoms with Crippen molar-refractivity contribution in [2.45, 2.75) is 36.1 Å². The summed E-state index contributed by atoms with van der Waals surface area (Å²) in [4.78, 5) is 22.3. The Hall–Kier alpha value is -0.890. The molecule has 0 aromatic carbocycles. The van der Waals surface area contributed by atoms with Crippen molar-refractivity contribution in [1.29, 1.82) is 0 Å². The van der Waals surface area contributed by atoms with Crippen LogP contribution in [-0.4, -0.2) is 41.6 Å². The number of carbonyl (C=O) groups is 2. The van der Waals surface area contributed by atoms with Crippen molar-refractivity contribution in [3.63, 3.8) is 0 Å². The molecule has 5 atom stereocenters. The molecule has 3 aliphatic rings. The highest BCUT2D eigenvalue weighted by Crippen LogP contribution is 2.47. The Kier molecular flexibility index (Phi) is 2.19. The largest absolute Gasteiger partial charge is 0.455 e. The van der Waals surface area contributed by atoms with Gasteiger partial charge in [0.2, 0.25) is 0 Å². The third-order valence-electron chi connectivity index (χ3n) is 3.27. The van der Waals surface area contributed by atoms with Crippen molar-refractivity contribution < 1.29 is 32.6 Å². The number of esters is 2. The van der Waals surface area contributed by atoms with Crippen molar-refractivity contribution in [2.75, 3.05) is 0 Å². The number of carbonyl (C=O) groups excluding carboxylic acids is 2. The number of ether oxygens (including phenoxy) is 3. The topological polar surface area (TPSA) is 61.8 Å². The van der Waals surface area contributed by atoms with Crippen LogP contribution in [0.3, 0.4) is 0 Å². The molecule has 3 fully saturated rings. The molecule has 0 saturated carbocycles. The van der Waals surface area contributed by atoms with Crippen LogP contribution in [0, 0.1) is 5.92 Å². The van der Waals surface area contributed by atoms with Gasteiger partial charge in [0.1, 0.15) is 6.10 Å². The lowest BCUT2D eigenvalue weighted by Gasteiger charge is -2.23. The van der Waals surface area contributed by atoms with Crippen molar-refractivity contribution in [2.24, 2.45) is 5.92 Å². The lowest BCUT2D eigenvalue weighted by atomic mass is 9.88. The molecule has 3 saturated heterocycles. The van der Waals surface area contributed by atoms with Crippen LogP contribution < -0.4 is 0 Å². The summed E-state index contributed by atoms with van der Waals surface area (Å²) in [5, 5.41) is -3.86. The predicted molar refractivity (Wildman–Crippen MR) is 50.5 cm³/mol. The van der Waals surface area contributed by atoms with Gasteiger partial charge in [-0.05, 0) is 6.42 Å². The quantitative estimate of drug-likeness (QED) is 0.569. The summed E-state index contributed by atoms with van der Waals surface area (Å²) in [5.74, 6) is -2.52. The van der Waals surface area contributed by atoms with Gasteiger partial charge in [-0.15, -0.1) is 0 Å². The van der Waals surface area contributed by atoms with E-state index in [0.717, 1.165) is 0 Å². The first kappa shape index (κ1) is 11.2. The first-order valence-electron chi connectivity index (χ1n) is 5.05. The molecule has 0 aliphatic carbocycles. The smallest absolute Gasteiger partial charge is 0.388 e. The third kappa shape index (κ3) is 1.54. The number of halogens is 2. The summed E-state index contributed by atoms with van der Waals surface area (Å²) >= 11 is 2.82. The maximum atomic E-state index is 12.6. The second-order valence-electron chi connectivity index (χ2n) is 4.29. The Labute approximate surface area is 99.8 Å². The molecule has 5 nitrogen and oxygen atoms in total. The standard InChI is InChI=1S/C9H8F2O5S/c10-9(11,17)8(13)16-5-3-1-2-4(14-3)6(5)15-7(2)12/h2-6,17H,1H2. The van der Waals surface area contributed by atoms with Crippen LogP contribution in [0.25, 0.3) is 0 Å². The fourth-order valence-corrected chi connectivity index (χ4v) is 2.63.